The van der Waals surface area contributed by atoms with E-state index < -0.39 is 11.7 Å². The lowest BCUT2D eigenvalue weighted by Crippen LogP contribution is -2.29. The van der Waals surface area contributed by atoms with Gasteiger partial charge in [0.05, 0.1) is 0 Å². The number of alkyl halides is 1. The molecule has 0 amide bonds. The van der Waals surface area contributed by atoms with Crippen LogP contribution in [-0.2, 0) is 4.79 Å². The van der Waals surface area contributed by atoms with Crippen LogP contribution in [0.4, 0.5) is 4.39 Å². The lowest BCUT2D eigenvalue weighted by atomic mass is 9.82. The summed E-state index contributed by atoms with van der Waals surface area (Å²) in [7, 11) is 0. The number of nitrogens with zero attached hydrogens (tertiary/aromatic N) is 2. The van der Waals surface area contributed by atoms with Gasteiger partial charge >= 0.3 is 0 Å². The summed E-state index contributed by atoms with van der Waals surface area (Å²) in [4.78, 5) is 17.6. The molecule has 1 aliphatic heterocycles. The van der Waals surface area contributed by atoms with E-state index in [0.29, 0.717) is 12.3 Å². The highest BCUT2D eigenvalue weighted by molar-refractivity contribution is 6.28. The minimum Gasteiger partial charge on any atom is -0.326 e. The molecule has 18 heavy (non-hydrogen) atoms. The van der Waals surface area contributed by atoms with Crippen LogP contribution in [0, 0.1) is 11.3 Å². The predicted molar refractivity (Wildman–Crippen MR) is 68.1 cm³/mol. The molecule has 1 heterocycles. The van der Waals surface area contributed by atoms with E-state index in [0.717, 1.165) is 24.9 Å². The van der Waals surface area contributed by atoms with Crippen molar-refractivity contribution in [3.05, 3.63) is 11.8 Å². The summed E-state index contributed by atoms with van der Waals surface area (Å²) in [6.07, 6.45) is 3.50. The molecule has 0 radical (unpaired) electrons. The highest BCUT2D eigenvalue weighted by Gasteiger charge is 2.67. The summed E-state index contributed by atoms with van der Waals surface area (Å²) in [5.41, 5.74) is 0.312. The molecule has 3 rings (SSSR count). The maximum Gasteiger partial charge on any atom is 0.185 e. The number of rotatable bonds is 2. The Morgan fingerprint density at radius 1 is 1.61 bits per heavy atom. The Morgan fingerprint density at radius 2 is 2.33 bits per heavy atom. The van der Waals surface area contributed by atoms with Gasteiger partial charge in [0.2, 0.25) is 0 Å². The topological polar surface area (TPSA) is 32.7 Å². The average molecular weight is 250 g/mol. The van der Waals surface area contributed by atoms with Crippen LogP contribution < -0.4 is 0 Å². The monoisotopic (exact) mass is 250 g/mol. The molecule has 98 valence electrons. The first-order valence-corrected chi connectivity index (χ1v) is 6.63. The van der Waals surface area contributed by atoms with Crippen LogP contribution in [0.1, 0.15) is 33.6 Å². The molecular formula is C14H19FN2O. The molecule has 0 aromatic heterocycles. The molecule has 2 aliphatic carbocycles. The van der Waals surface area contributed by atoms with E-state index >= 15 is 0 Å². The quantitative estimate of drug-likeness (QED) is 0.705. The zero-order valence-electron chi connectivity index (χ0n) is 11.1. The molecule has 3 nitrogen and oxygen atoms in total. The van der Waals surface area contributed by atoms with Gasteiger partial charge in [-0.2, -0.15) is 0 Å². The molecule has 4 heteroatoms. The Kier molecular flexibility index (Phi) is 2.26. The molecule has 1 saturated carbocycles. The molecule has 3 aliphatic rings. The van der Waals surface area contributed by atoms with E-state index in [1.54, 1.807) is 0 Å². The van der Waals surface area contributed by atoms with Crippen LogP contribution in [0.5, 0.6) is 0 Å². The lowest BCUT2D eigenvalue weighted by molar-refractivity contribution is -0.103. The summed E-state index contributed by atoms with van der Waals surface area (Å²) in [5.74, 6) is 0.422. The third kappa shape index (κ3) is 1.29. The first kappa shape index (κ1) is 11.9. The van der Waals surface area contributed by atoms with Crippen molar-refractivity contribution in [1.29, 1.82) is 0 Å². The number of aldehydes is 1. The van der Waals surface area contributed by atoms with Gasteiger partial charge in [-0.3, -0.25) is 9.79 Å². The Morgan fingerprint density at radius 3 is 2.94 bits per heavy atom. The molecule has 0 saturated heterocycles. The maximum atomic E-state index is 14.5. The first-order chi connectivity index (χ1) is 8.46. The van der Waals surface area contributed by atoms with Crippen molar-refractivity contribution in [3.8, 4) is 0 Å². The van der Waals surface area contributed by atoms with E-state index in [1.807, 2.05) is 25.7 Å². The molecule has 3 atom stereocenters. The zero-order chi connectivity index (χ0) is 13.1. The predicted octanol–water partition coefficient (Wildman–Crippen LogP) is 2.33. The number of amidine groups is 1. The molecule has 1 unspecified atom stereocenters. The Balaban J connectivity index is 2.05. The van der Waals surface area contributed by atoms with Crippen molar-refractivity contribution in [3.63, 3.8) is 0 Å². The van der Waals surface area contributed by atoms with Crippen LogP contribution in [0.15, 0.2) is 16.8 Å². The van der Waals surface area contributed by atoms with E-state index in [4.69, 9.17) is 0 Å². The summed E-state index contributed by atoms with van der Waals surface area (Å²) < 4.78 is 14.5. The van der Waals surface area contributed by atoms with Gasteiger partial charge < -0.3 is 4.90 Å². The lowest BCUT2D eigenvalue weighted by Gasteiger charge is -2.26. The van der Waals surface area contributed by atoms with Gasteiger partial charge in [0, 0.05) is 18.2 Å². The van der Waals surface area contributed by atoms with E-state index in [1.165, 1.54) is 0 Å². The second kappa shape index (κ2) is 3.43. The second-order valence-corrected chi connectivity index (χ2v) is 6.25. The van der Waals surface area contributed by atoms with Crippen LogP contribution in [0.2, 0.25) is 0 Å². The molecule has 0 aromatic rings. The van der Waals surface area contributed by atoms with Crippen LogP contribution >= 0.6 is 0 Å². The van der Waals surface area contributed by atoms with Crippen molar-refractivity contribution in [2.45, 2.75) is 45.3 Å². The SMILES string of the molecule is CCN1C2=CCC(C)(C)[C@H](F)[C@H]3CC23N=C1C=O. The molecule has 1 spiro atoms. The van der Waals surface area contributed by atoms with Gasteiger partial charge in [0.25, 0.3) is 0 Å². The number of aliphatic imine (C=N–C) groups is 1. The fourth-order valence-electron chi connectivity index (χ4n) is 3.45. The Bertz CT molecular complexity index is 468. The van der Waals surface area contributed by atoms with Crippen molar-refractivity contribution in [1.82, 2.24) is 4.90 Å². The van der Waals surface area contributed by atoms with Gasteiger partial charge in [0.1, 0.15) is 11.7 Å². The number of carbonyl (C=O) groups is 1. The summed E-state index contributed by atoms with van der Waals surface area (Å²) >= 11 is 0. The smallest absolute Gasteiger partial charge is 0.185 e. The minimum absolute atomic E-state index is 0.0484. The number of carbonyl (C=O) groups excluding carboxylic acids is 1. The van der Waals surface area contributed by atoms with Crippen molar-refractivity contribution >= 4 is 12.1 Å². The Hall–Kier alpha value is -1.19. The van der Waals surface area contributed by atoms with E-state index in [2.05, 4.69) is 11.1 Å². The fraction of sp³-hybridized carbons (Fsp3) is 0.714. The van der Waals surface area contributed by atoms with Gasteiger partial charge in [0.15, 0.2) is 12.1 Å². The Labute approximate surface area is 107 Å². The standard InChI is InChI=1S/C14H19FN2O/c1-4-17-10-5-6-13(2,3)12(15)9-7-14(9,10)16-11(17)8-18/h5,8-9,12H,4,6-7H2,1-3H3/t9-,12-,14?/m1/s1. The minimum atomic E-state index is -0.847. The summed E-state index contributed by atoms with van der Waals surface area (Å²) in [6.45, 7) is 6.67. The van der Waals surface area contributed by atoms with Crippen molar-refractivity contribution in [2.75, 3.05) is 6.54 Å². The third-order valence-electron chi connectivity index (χ3n) is 4.65. The van der Waals surface area contributed by atoms with Crippen LogP contribution in [-0.4, -0.2) is 35.3 Å². The highest BCUT2D eigenvalue weighted by Crippen LogP contribution is 2.63. The average Bonchev–Trinajstić information content (AvgIpc) is 2.96. The second-order valence-electron chi connectivity index (χ2n) is 6.25. The number of hydrogen-bond donors (Lipinski definition) is 0. The number of hydrogen-bond acceptors (Lipinski definition) is 3. The van der Waals surface area contributed by atoms with Gasteiger partial charge in [-0.1, -0.05) is 19.9 Å². The van der Waals surface area contributed by atoms with Crippen LogP contribution in [0.3, 0.4) is 0 Å². The summed E-state index contributed by atoms with van der Waals surface area (Å²) in [5, 5.41) is 0. The normalized spacial score (nSPS) is 40.3. The molecule has 1 fully saturated rings. The van der Waals surface area contributed by atoms with E-state index in [9.17, 15) is 9.18 Å². The molecular weight excluding hydrogens is 231 g/mol. The van der Waals surface area contributed by atoms with Gasteiger partial charge in [-0.25, -0.2) is 4.39 Å². The van der Waals surface area contributed by atoms with E-state index in [-0.39, 0.29) is 11.3 Å². The van der Waals surface area contributed by atoms with Gasteiger partial charge in [-0.05, 0) is 25.2 Å². The first-order valence-electron chi connectivity index (χ1n) is 6.63. The molecule has 0 aromatic carbocycles. The zero-order valence-corrected chi connectivity index (χ0v) is 11.1. The number of halogens is 1. The van der Waals surface area contributed by atoms with Crippen molar-refractivity contribution in [2.24, 2.45) is 16.3 Å². The largest absolute Gasteiger partial charge is 0.326 e. The fourth-order valence-corrected chi connectivity index (χ4v) is 3.45. The number of allylic oxidation sites excluding steroid dienone is 1. The maximum absolute atomic E-state index is 14.5. The van der Waals surface area contributed by atoms with Crippen molar-refractivity contribution < 1.29 is 9.18 Å². The summed E-state index contributed by atoms with van der Waals surface area (Å²) in [6, 6.07) is 0. The third-order valence-corrected chi connectivity index (χ3v) is 4.65. The molecule has 0 N–H and O–H groups in total. The molecule has 0 bridgehead atoms. The van der Waals surface area contributed by atoms with Gasteiger partial charge in [-0.15, -0.1) is 0 Å². The highest BCUT2D eigenvalue weighted by atomic mass is 19.1. The number of likely N-dealkylation sites (N-methyl/N-ethyl adjacent to an activating group) is 1. The van der Waals surface area contributed by atoms with Crippen LogP contribution in [0.25, 0.3) is 0 Å².